The molecule has 0 aliphatic heterocycles. The number of esters is 1. The fourth-order valence-electron chi connectivity index (χ4n) is 5.91. The summed E-state index contributed by atoms with van der Waals surface area (Å²) in [4.78, 5) is 22.3. The quantitative estimate of drug-likeness (QED) is 0.623. The van der Waals surface area contributed by atoms with Crippen LogP contribution in [0.15, 0.2) is 0 Å². The minimum atomic E-state index is -1.12. The van der Waals surface area contributed by atoms with Crippen molar-refractivity contribution in [2.24, 2.45) is 23.2 Å². The van der Waals surface area contributed by atoms with Crippen molar-refractivity contribution < 1.29 is 19.4 Å². The number of carboxylic acid groups (broad SMARTS) is 1. The van der Waals surface area contributed by atoms with Gasteiger partial charge in [-0.1, -0.05) is 0 Å². The molecule has 1 N–H and O–H groups in total. The SMILES string of the molecule is CC(C)(CC12CC3CC(CC(C3)C1)C2)OC(=O)CC(=O)O. The van der Waals surface area contributed by atoms with E-state index >= 15 is 0 Å². The zero-order valence-electron chi connectivity index (χ0n) is 13.1. The van der Waals surface area contributed by atoms with Crippen molar-refractivity contribution >= 4 is 11.9 Å². The van der Waals surface area contributed by atoms with Crippen molar-refractivity contribution in [1.29, 1.82) is 0 Å². The predicted molar refractivity (Wildman–Crippen MR) is 77.6 cm³/mol. The number of aliphatic carboxylic acids is 1. The molecule has 0 unspecified atom stereocenters. The van der Waals surface area contributed by atoms with Crippen LogP contribution >= 0.6 is 0 Å². The lowest BCUT2D eigenvalue weighted by Gasteiger charge is -2.58. The molecule has 4 aliphatic carbocycles. The first-order chi connectivity index (χ1) is 9.75. The first-order valence-corrected chi connectivity index (χ1v) is 8.19. The first kappa shape index (κ1) is 14.9. The van der Waals surface area contributed by atoms with Gasteiger partial charge in [0.1, 0.15) is 12.0 Å². The molecule has 0 radical (unpaired) electrons. The largest absolute Gasteiger partial charge is 0.481 e. The molecule has 0 saturated heterocycles. The van der Waals surface area contributed by atoms with Gasteiger partial charge in [0, 0.05) is 0 Å². The summed E-state index contributed by atoms with van der Waals surface area (Å²) in [5, 5.41) is 8.68. The number of carboxylic acids is 1. The highest BCUT2D eigenvalue weighted by molar-refractivity contribution is 5.90. The van der Waals surface area contributed by atoms with Gasteiger partial charge in [0.2, 0.25) is 0 Å². The lowest BCUT2D eigenvalue weighted by Crippen LogP contribution is -2.49. The summed E-state index contributed by atoms with van der Waals surface area (Å²) in [7, 11) is 0. The molecule has 0 amide bonds. The maximum atomic E-state index is 11.7. The van der Waals surface area contributed by atoms with Crippen molar-refractivity contribution in [1.82, 2.24) is 0 Å². The van der Waals surface area contributed by atoms with Crippen LogP contribution < -0.4 is 0 Å². The summed E-state index contributed by atoms with van der Waals surface area (Å²) >= 11 is 0. The number of ether oxygens (including phenoxy) is 1. The average molecular weight is 294 g/mol. The van der Waals surface area contributed by atoms with E-state index < -0.39 is 24.0 Å². The Labute approximate surface area is 126 Å². The van der Waals surface area contributed by atoms with E-state index in [-0.39, 0.29) is 0 Å². The van der Waals surface area contributed by atoms with Gasteiger partial charge in [0.15, 0.2) is 0 Å². The van der Waals surface area contributed by atoms with Crippen LogP contribution in [0.3, 0.4) is 0 Å². The summed E-state index contributed by atoms with van der Waals surface area (Å²) in [5.74, 6) is 0.896. The highest BCUT2D eigenvalue weighted by Crippen LogP contribution is 2.62. The van der Waals surface area contributed by atoms with Crippen LogP contribution in [0, 0.1) is 23.2 Å². The second-order valence-electron chi connectivity index (χ2n) is 8.40. The molecule has 0 atom stereocenters. The minimum absolute atomic E-state index is 0.335. The normalized spacial score (nSPS) is 37.5. The van der Waals surface area contributed by atoms with Gasteiger partial charge in [-0.05, 0) is 82.0 Å². The van der Waals surface area contributed by atoms with Crippen LogP contribution in [0.4, 0.5) is 0 Å². The van der Waals surface area contributed by atoms with Gasteiger partial charge in [-0.15, -0.1) is 0 Å². The smallest absolute Gasteiger partial charge is 0.317 e. The Morgan fingerprint density at radius 3 is 2.00 bits per heavy atom. The zero-order valence-corrected chi connectivity index (χ0v) is 13.1. The van der Waals surface area contributed by atoms with Crippen LogP contribution in [-0.2, 0) is 14.3 Å². The number of rotatable bonds is 5. The number of hydrogen-bond acceptors (Lipinski definition) is 3. The molecule has 4 aliphatic rings. The Morgan fingerprint density at radius 2 is 1.57 bits per heavy atom. The molecule has 4 saturated carbocycles. The third-order valence-corrected chi connectivity index (χ3v) is 5.65. The average Bonchev–Trinajstić information content (AvgIpc) is 2.21. The number of carbonyl (C=O) groups is 2. The molecule has 4 rings (SSSR count). The van der Waals surface area contributed by atoms with E-state index in [1.54, 1.807) is 0 Å². The fourth-order valence-corrected chi connectivity index (χ4v) is 5.91. The molecule has 0 aromatic carbocycles. The van der Waals surface area contributed by atoms with Crippen LogP contribution in [0.5, 0.6) is 0 Å². The van der Waals surface area contributed by atoms with Gasteiger partial charge in [0.05, 0.1) is 0 Å². The lowest BCUT2D eigenvalue weighted by atomic mass is 9.48. The Balaban J connectivity index is 1.65. The van der Waals surface area contributed by atoms with Crippen LogP contribution in [0.1, 0.15) is 65.2 Å². The van der Waals surface area contributed by atoms with Crippen LogP contribution in [-0.4, -0.2) is 22.6 Å². The van der Waals surface area contributed by atoms with Crippen molar-refractivity contribution in [3.05, 3.63) is 0 Å². The van der Waals surface area contributed by atoms with E-state index in [0.29, 0.717) is 5.41 Å². The van der Waals surface area contributed by atoms with Gasteiger partial charge in [-0.3, -0.25) is 9.59 Å². The highest BCUT2D eigenvalue weighted by atomic mass is 16.6. The molecule has 118 valence electrons. The van der Waals surface area contributed by atoms with Crippen LogP contribution in [0.25, 0.3) is 0 Å². The molecule has 0 spiro atoms. The van der Waals surface area contributed by atoms with Crippen molar-refractivity contribution in [2.75, 3.05) is 0 Å². The third-order valence-electron chi connectivity index (χ3n) is 5.65. The van der Waals surface area contributed by atoms with Gasteiger partial charge in [-0.2, -0.15) is 0 Å². The second-order valence-corrected chi connectivity index (χ2v) is 8.40. The topological polar surface area (TPSA) is 63.6 Å². The predicted octanol–water partition coefficient (Wildman–Crippen LogP) is 3.39. The third kappa shape index (κ3) is 3.24. The summed E-state index contributed by atoms with van der Waals surface area (Å²) in [6, 6.07) is 0. The molecule has 4 fully saturated rings. The summed E-state index contributed by atoms with van der Waals surface area (Å²) in [6.07, 6.45) is 8.38. The summed E-state index contributed by atoms with van der Waals surface area (Å²) in [5.41, 5.74) is -0.222. The van der Waals surface area contributed by atoms with Crippen molar-refractivity contribution in [3.63, 3.8) is 0 Å². The first-order valence-electron chi connectivity index (χ1n) is 8.19. The molecule has 0 aromatic rings. The Kier molecular flexibility index (Phi) is 3.53. The molecular formula is C17H26O4. The summed E-state index contributed by atoms with van der Waals surface area (Å²) < 4.78 is 5.47. The molecule has 21 heavy (non-hydrogen) atoms. The zero-order chi connectivity index (χ0) is 15.3. The van der Waals surface area contributed by atoms with E-state index in [2.05, 4.69) is 0 Å². The van der Waals surface area contributed by atoms with Gasteiger partial charge < -0.3 is 9.84 Å². The maximum Gasteiger partial charge on any atom is 0.317 e. The fraction of sp³-hybridized carbons (Fsp3) is 0.882. The van der Waals surface area contributed by atoms with E-state index in [1.165, 1.54) is 38.5 Å². The van der Waals surface area contributed by atoms with E-state index in [1.807, 2.05) is 13.8 Å². The van der Waals surface area contributed by atoms with Crippen LogP contribution in [0.2, 0.25) is 0 Å². The standard InChI is InChI=1S/C17H26O4/c1-16(2,21-15(20)6-14(18)19)10-17-7-11-3-12(8-17)5-13(4-11)9-17/h11-13H,3-10H2,1-2H3,(H,18,19). The lowest BCUT2D eigenvalue weighted by molar-refractivity contribution is -0.167. The molecule has 4 nitrogen and oxygen atoms in total. The van der Waals surface area contributed by atoms with E-state index in [4.69, 9.17) is 9.84 Å². The Hall–Kier alpha value is -1.06. The monoisotopic (exact) mass is 294 g/mol. The number of hydrogen-bond donors (Lipinski definition) is 1. The molecule has 0 heterocycles. The van der Waals surface area contributed by atoms with Gasteiger partial charge in [-0.25, -0.2) is 0 Å². The highest BCUT2D eigenvalue weighted by Gasteiger charge is 2.52. The van der Waals surface area contributed by atoms with Gasteiger partial charge >= 0.3 is 11.9 Å². The van der Waals surface area contributed by atoms with Crippen molar-refractivity contribution in [2.45, 2.75) is 70.8 Å². The van der Waals surface area contributed by atoms with E-state index in [9.17, 15) is 9.59 Å². The molecular weight excluding hydrogens is 268 g/mol. The van der Waals surface area contributed by atoms with E-state index in [0.717, 1.165) is 24.2 Å². The molecule has 4 bridgehead atoms. The Bertz CT molecular complexity index is 416. The number of carbonyl (C=O) groups excluding carboxylic acids is 1. The van der Waals surface area contributed by atoms with Crippen molar-refractivity contribution in [3.8, 4) is 0 Å². The molecule has 0 aromatic heterocycles. The second kappa shape index (κ2) is 4.99. The summed E-state index contributed by atoms with van der Waals surface area (Å²) in [6.45, 7) is 3.87. The van der Waals surface area contributed by atoms with Gasteiger partial charge in [0.25, 0.3) is 0 Å². The maximum absolute atomic E-state index is 11.7. The Morgan fingerprint density at radius 1 is 1.10 bits per heavy atom. The molecule has 4 heteroatoms. The minimum Gasteiger partial charge on any atom is -0.481 e.